The molecule has 3 aromatic rings. The highest BCUT2D eigenvalue weighted by molar-refractivity contribution is 5.97. The summed E-state index contributed by atoms with van der Waals surface area (Å²) in [5.74, 6) is 0.0239. The first-order valence-electron chi connectivity index (χ1n) is 8.42. The summed E-state index contributed by atoms with van der Waals surface area (Å²) in [6, 6.07) is 16.1. The van der Waals surface area contributed by atoms with Gasteiger partial charge in [-0.25, -0.2) is 4.39 Å². The van der Waals surface area contributed by atoms with Crippen LogP contribution in [0, 0.1) is 17.1 Å². The van der Waals surface area contributed by atoms with Crippen LogP contribution in [0.25, 0.3) is 22.0 Å². The van der Waals surface area contributed by atoms with E-state index in [0.717, 1.165) is 40.6 Å². The summed E-state index contributed by atoms with van der Waals surface area (Å²) in [6.45, 7) is 0. The summed E-state index contributed by atoms with van der Waals surface area (Å²) in [5.41, 5.74) is 4.14. The third kappa shape index (κ3) is 2.88. The van der Waals surface area contributed by atoms with Crippen molar-refractivity contribution in [3.63, 3.8) is 0 Å². The van der Waals surface area contributed by atoms with Crippen LogP contribution in [0.4, 0.5) is 4.39 Å². The van der Waals surface area contributed by atoms with E-state index in [9.17, 15) is 9.50 Å². The molecular formula is C21H17FN2O. The summed E-state index contributed by atoms with van der Waals surface area (Å²) < 4.78 is 13.4. The summed E-state index contributed by atoms with van der Waals surface area (Å²) in [6.07, 6.45) is 1.19. The van der Waals surface area contributed by atoms with Crippen molar-refractivity contribution in [3.8, 4) is 17.2 Å². The quantitative estimate of drug-likeness (QED) is 0.742. The zero-order valence-electron chi connectivity index (χ0n) is 13.6. The molecular weight excluding hydrogens is 315 g/mol. The fraction of sp³-hybridized carbons (Fsp3) is 0.238. The Morgan fingerprint density at radius 2 is 1.88 bits per heavy atom. The first-order chi connectivity index (χ1) is 12.2. The molecule has 0 bridgehead atoms. The highest BCUT2D eigenvalue weighted by Gasteiger charge is 2.32. The Bertz CT molecular complexity index is 972. The van der Waals surface area contributed by atoms with Gasteiger partial charge in [-0.15, -0.1) is 0 Å². The number of para-hydroxylation sites is 1. The van der Waals surface area contributed by atoms with E-state index in [-0.39, 0.29) is 12.2 Å². The van der Waals surface area contributed by atoms with E-state index in [2.05, 4.69) is 6.07 Å². The largest absolute Gasteiger partial charge is 0.387 e. The number of nitrogens with zero attached hydrogens (tertiary/aromatic N) is 2. The van der Waals surface area contributed by atoms with Gasteiger partial charge < -0.3 is 5.11 Å². The predicted molar refractivity (Wildman–Crippen MR) is 94.3 cm³/mol. The molecule has 0 aliphatic heterocycles. The zero-order chi connectivity index (χ0) is 17.4. The van der Waals surface area contributed by atoms with E-state index < -0.39 is 6.10 Å². The van der Waals surface area contributed by atoms with Crippen LogP contribution in [-0.2, 0) is 0 Å². The standard InChI is InChI=1S/C21H17FN2O/c22-15-9-7-13(8-10-15)19-16-3-1-2-4-17(16)24-21(14-5-6-14)20(19)18(25)11-12-23/h1-4,7-10,14,18,25H,5-6,11H2. The molecule has 1 fully saturated rings. The van der Waals surface area contributed by atoms with Crippen molar-refractivity contribution in [2.75, 3.05) is 0 Å². The fourth-order valence-electron chi connectivity index (χ4n) is 3.37. The molecule has 0 spiro atoms. The van der Waals surface area contributed by atoms with Gasteiger partial charge in [-0.2, -0.15) is 5.26 Å². The zero-order valence-corrected chi connectivity index (χ0v) is 13.6. The van der Waals surface area contributed by atoms with Crippen LogP contribution in [0.15, 0.2) is 48.5 Å². The number of fused-ring (bicyclic) bond motifs is 1. The number of rotatable bonds is 4. The molecule has 0 amide bonds. The Morgan fingerprint density at radius 1 is 1.16 bits per heavy atom. The molecule has 1 atom stereocenters. The molecule has 1 saturated carbocycles. The van der Waals surface area contributed by atoms with E-state index in [4.69, 9.17) is 10.2 Å². The van der Waals surface area contributed by atoms with Crippen molar-refractivity contribution in [2.24, 2.45) is 0 Å². The van der Waals surface area contributed by atoms with Gasteiger partial charge in [0.15, 0.2) is 0 Å². The second-order valence-corrected chi connectivity index (χ2v) is 6.46. The predicted octanol–water partition coefficient (Wildman–Crippen LogP) is 4.87. The molecule has 3 nitrogen and oxygen atoms in total. The van der Waals surface area contributed by atoms with E-state index >= 15 is 0 Å². The molecule has 1 unspecified atom stereocenters. The van der Waals surface area contributed by atoms with Crippen LogP contribution in [0.3, 0.4) is 0 Å². The SMILES string of the molecule is N#CCC(O)c1c(C2CC2)nc2ccccc2c1-c1ccc(F)cc1. The number of hydrogen-bond acceptors (Lipinski definition) is 3. The molecule has 25 heavy (non-hydrogen) atoms. The van der Waals surface area contributed by atoms with Gasteiger partial charge in [0.2, 0.25) is 0 Å². The van der Waals surface area contributed by atoms with Crippen molar-refractivity contribution in [1.29, 1.82) is 5.26 Å². The van der Waals surface area contributed by atoms with Gasteiger partial charge >= 0.3 is 0 Å². The van der Waals surface area contributed by atoms with Crippen molar-refractivity contribution in [1.82, 2.24) is 4.98 Å². The summed E-state index contributed by atoms with van der Waals surface area (Å²) in [7, 11) is 0. The molecule has 1 aromatic heterocycles. The summed E-state index contributed by atoms with van der Waals surface area (Å²) in [4.78, 5) is 4.80. The molecule has 0 saturated heterocycles. The average Bonchev–Trinajstić information content (AvgIpc) is 3.46. The van der Waals surface area contributed by atoms with Crippen LogP contribution < -0.4 is 0 Å². The average molecular weight is 332 g/mol. The molecule has 1 aliphatic carbocycles. The van der Waals surface area contributed by atoms with Gasteiger partial charge in [0.1, 0.15) is 5.82 Å². The number of aliphatic hydroxyl groups excluding tert-OH is 1. The molecule has 1 heterocycles. The number of nitriles is 1. The van der Waals surface area contributed by atoms with Crippen molar-refractivity contribution in [3.05, 3.63) is 65.6 Å². The highest BCUT2D eigenvalue weighted by atomic mass is 19.1. The molecule has 1 N–H and O–H groups in total. The Hall–Kier alpha value is -2.77. The molecule has 2 aromatic carbocycles. The van der Waals surface area contributed by atoms with Crippen LogP contribution >= 0.6 is 0 Å². The smallest absolute Gasteiger partial charge is 0.123 e. The lowest BCUT2D eigenvalue weighted by Gasteiger charge is -2.20. The van der Waals surface area contributed by atoms with Crippen LogP contribution in [-0.4, -0.2) is 10.1 Å². The maximum Gasteiger partial charge on any atom is 0.123 e. The fourth-order valence-corrected chi connectivity index (χ4v) is 3.37. The van der Waals surface area contributed by atoms with Gasteiger partial charge in [0, 0.05) is 16.9 Å². The Labute approximate surface area is 145 Å². The molecule has 0 radical (unpaired) electrons. The number of benzene rings is 2. The van der Waals surface area contributed by atoms with Crippen molar-refractivity contribution in [2.45, 2.75) is 31.3 Å². The lowest BCUT2D eigenvalue weighted by Crippen LogP contribution is -2.07. The Balaban J connectivity index is 2.06. The normalized spacial score (nSPS) is 15.1. The lowest BCUT2D eigenvalue weighted by atomic mass is 9.89. The number of hydrogen-bond donors (Lipinski definition) is 1. The van der Waals surface area contributed by atoms with Gasteiger partial charge in [-0.1, -0.05) is 30.3 Å². The first kappa shape index (κ1) is 15.7. The maximum atomic E-state index is 13.4. The number of halogens is 1. The maximum absolute atomic E-state index is 13.4. The first-order valence-corrected chi connectivity index (χ1v) is 8.42. The minimum atomic E-state index is -0.905. The molecule has 1 aliphatic rings. The van der Waals surface area contributed by atoms with E-state index in [1.165, 1.54) is 12.1 Å². The molecule has 4 heteroatoms. The highest BCUT2D eigenvalue weighted by Crippen LogP contribution is 2.47. The van der Waals surface area contributed by atoms with Gasteiger partial charge in [-0.05, 0) is 42.2 Å². The van der Waals surface area contributed by atoms with E-state index in [1.807, 2.05) is 24.3 Å². The van der Waals surface area contributed by atoms with Crippen LogP contribution in [0.2, 0.25) is 0 Å². The minimum Gasteiger partial charge on any atom is -0.387 e. The summed E-state index contributed by atoms with van der Waals surface area (Å²) >= 11 is 0. The number of aromatic nitrogens is 1. The minimum absolute atomic E-state index is 0.00787. The van der Waals surface area contributed by atoms with Crippen LogP contribution in [0.5, 0.6) is 0 Å². The van der Waals surface area contributed by atoms with Crippen molar-refractivity contribution < 1.29 is 9.50 Å². The topological polar surface area (TPSA) is 56.9 Å². The second-order valence-electron chi connectivity index (χ2n) is 6.46. The van der Waals surface area contributed by atoms with E-state index in [1.54, 1.807) is 12.1 Å². The molecule has 124 valence electrons. The third-order valence-electron chi connectivity index (χ3n) is 4.67. The Morgan fingerprint density at radius 3 is 2.56 bits per heavy atom. The van der Waals surface area contributed by atoms with Gasteiger partial charge in [-0.3, -0.25) is 4.98 Å². The number of pyridine rings is 1. The van der Waals surface area contributed by atoms with Crippen molar-refractivity contribution >= 4 is 10.9 Å². The Kier molecular flexibility index (Phi) is 3.95. The van der Waals surface area contributed by atoms with Gasteiger partial charge in [0.05, 0.1) is 29.8 Å². The number of aliphatic hydroxyl groups is 1. The van der Waals surface area contributed by atoms with Crippen LogP contribution in [0.1, 0.15) is 42.5 Å². The lowest BCUT2D eigenvalue weighted by molar-refractivity contribution is 0.182. The monoisotopic (exact) mass is 332 g/mol. The summed E-state index contributed by atoms with van der Waals surface area (Å²) in [5, 5.41) is 20.7. The molecule has 4 rings (SSSR count). The van der Waals surface area contributed by atoms with Gasteiger partial charge in [0.25, 0.3) is 0 Å². The second kappa shape index (κ2) is 6.27. The third-order valence-corrected chi connectivity index (χ3v) is 4.67. The van der Waals surface area contributed by atoms with E-state index in [0.29, 0.717) is 11.5 Å².